The Morgan fingerprint density at radius 3 is 2.50 bits per heavy atom. The normalized spacial score (nSPS) is 11.5. The standard InChI is InChI=1S/C21H12BrNS/c22-15-7-5-13(6-8-15)21-18-12-20-14(9-10-24-20)11-17(18)16-3-1-2-4-19(16)23-21/h1-12H. The van der Waals surface area contributed by atoms with Gasteiger partial charge < -0.3 is 0 Å². The lowest BCUT2D eigenvalue weighted by Gasteiger charge is -2.10. The minimum absolute atomic E-state index is 1.04. The molecule has 0 N–H and O–H groups in total. The van der Waals surface area contributed by atoms with E-state index in [0.717, 1.165) is 21.2 Å². The van der Waals surface area contributed by atoms with Crippen LogP contribution >= 0.6 is 27.3 Å². The molecule has 5 rings (SSSR count). The van der Waals surface area contributed by atoms with E-state index in [1.54, 1.807) is 11.3 Å². The van der Waals surface area contributed by atoms with Crippen LogP contribution in [0.4, 0.5) is 0 Å². The molecule has 2 heterocycles. The summed E-state index contributed by atoms with van der Waals surface area (Å²) < 4.78 is 2.38. The molecule has 0 saturated heterocycles. The van der Waals surface area contributed by atoms with Gasteiger partial charge in [-0.3, -0.25) is 0 Å². The molecule has 0 aliphatic carbocycles. The zero-order valence-corrected chi connectivity index (χ0v) is 15.1. The van der Waals surface area contributed by atoms with Crippen molar-refractivity contribution in [3.63, 3.8) is 0 Å². The third kappa shape index (κ3) is 2.16. The Hall–Kier alpha value is -2.23. The van der Waals surface area contributed by atoms with Crippen molar-refractivity contribution >= 4 is 59.0 Å². The molecule has 114 valence electrons. The summed E-state index contributed by atoms with van der Waals surface area (Å²) in [5.74, 6) is 0. The number of halogens is 1. The molecule has 0 unspecified atom stereocenters. The summed E-state index contributed by atoms with van der Waals surface area (Å²) in [7, 11) is 0. The first-order valence-electron chi connectivity index (χ1n) is 7.75. The molecule has 24 heavy (non-hydrogen) atoms. The van der Waals surface area contributed by atoms with Gasteiger partial charge in [-0.15, -0.1) is 11.3 Å². The van der Waals surface area contributed by atoms with Crippen LogP contribution in [0.1, 0.15) is 0 Å². The van der Waals surface area contributed by atoms with Crippen molar-refractivity contribution in [3.8, 4) is 11.3 Å². The maximum Gasteiger partial charge on any atom is 0.0788 e. The van der Waals surface area contributed by atoms with Crippen molar-refractivity contribution in [2.75, 3.05) is 0 Å². The number of nitrogens with zero attached hydrogens (tertiary/aromatic N) is 1. The Morgan fingerprint density at radius 1 is 0.792 bits per heavy atom. The SMILES string of the molecule is Brc1ccc(-c2nc3ccccc3c3cc4ccsc4cc23)cc1. The number of fused-ring (bicyclic) bond motifs is 4. The zero-order valence-electron chi connectivity index (χ0n) is 12.7. The van der Waals surface area contributed by atoms with Gasteiger partial charge in [-0.05, 0) is 52.6 Å². The third-order valence-electron chi connectivity index (χ3n) is 4.39. The highest BCUT2D eigenvalue weighted by Crippen LogP contribution is 2.36. The predicted octanol–water partition coefficient (Wildman–Crippen LogP) is 7.03. The number of benzene rings is 3. The van der Waals surface area contributed by atoms with Crippen molar-refractivity contribution in [2.45, 2.75) is 0 Å². The number of rotatable bonds is 1. The summed E-state index contributed by atoms with van der Waals surface area (Å²) in [4.78, 5) is 4.98. The molecule has 0 aliphatic heterocycles. The zero-order chi connectivity index (χ0) is 16.1. The number of pyridine rings is 1. The number of aromatic nitrogens is 1. The Kier molecular flexibility index (Phi) is 3.18. The van der Waals surface area contributed by atoms with E-state index < -0.39 is 0 Å². The van der Waals surface area contributed by atoms with Gasteiger partial charge >= 0.3 is 0 Å². The molecule has 3 heteroatoms. The summed E-state index contributed by atoms with van der Waals surface area (Å²) in [6.45, 7) is 0. The summed E-state index contributed by atoms with van der Waals surface area (Å²) in [5.41, 5.74) is 3.23. The molecule has 0 saturated carbocycles. The van der Waals surface area contributed by atoms with E-state index in [0.29, 0.717) is 0 Å². The van der Waals surface area contributed by atoms with Crippen molar-refractivity contribution in [2.24, 2.45) is 0 Å². The maximum absolute atomic E-state index is 4.98. The van der Waals surface area contributed by atoms with Crippen molar-refractivity contribution < 1.29 is 0 Å². The van der Waals surface area contributed by atoms with Crippen LogP contribution < -0.4 is 0 Å². The number of thiophene rings is 1. The van der Waals surface area contributed by atoms with Crippen molar-refractivity contribution in [1.82, 2.24) is 4.98 Å². The Morgan fingerprint density at radius 2 is 1.62 bits per heavy atom. The van der Waals surface area contributed by atoms with Gasteiger partial charge in [0.05, 0.1) is 11.2 Å². The quantitative estimate of drug-likeness (QED) is 0.280. The van der Waals surface area contributed by atoms with Crippen LogP contribution in [0.2, 0.25) is 0 Å². The molecule has 2 aromatic heterocycles. The second-order valence-electron chi connectivity index (χ2n) is 5.84. The average molecular weight is 390 g/mol. The number of para-hydroxylation sites is 1. The Balaban J connectivity index is 1.98. The lowest BCUT2D eigenvalue weighted by Crippen LogP contribution is -1.89. The fraction of sp³-hybridized carbons (Fsp3) is 0. The van der Waals surface area contributed by atoms with E-state index >= 15 is 0 Å². The van der Waals surface area contributed by atoms with Gasteiger partial charge in [-0.1, -0.05) is 46.3 Å². The van der Waals surface area contributed by atoms with Crippen LogP contribution in [0.3, 0.4) is 0 Å². The fourth-order valence-corrected chi connectivity index (χ4v) is 4.31. The second kappa shape index (κ2) is 5.40. The van der Waals surface area contributed by atoms with Gasteiger partial charge in [-0.2, -0.15) is 0 Å². The lowest BCUT2D eigenvalue weighted by atomic mass is 9.99. The summed E-state index contributed by atoms with van der Waals surface area (Å²) in [6.07, 6.45) is 0. The summed E-state index contributed by atoms with van der Waals surface area (Å²) >= 11 is 5.29. The minimum atomic E-state index is 1.04. The van der Waals surface area contributed by atoms with Crippen LogP contribution in [-0.2, 0) is 0 Å². The smallest absolute Gasteiger partial charge is 0.0788 e. The van der Waals surface area contributed by atoms with Gasteiger partial charge in [-0.25, -0.2) is 4.98 Å². The topological polar surface area (TPSA) is 12.9 Å². The average Bonchev–Trinajstić information content (AvgIpc) is 3.07. The van der Waals surface area contributed by atoms with E-state index in [-0.39, 0.29) is 0 Å². The van der Waals surface area contributed by atoms with E-state index in [1.807, 2.05) is 0 Å². The highest BCUT2D eigenvalue weighted by molar-refractivity contribution is 9.10. The molecular weight excluding hydrogens is 378 g/mol. The van der Waals surface area contributed by atoms with Gasteiger partial charge in [0.25, 0.3) is 0 Å². The van der Waals surface area contributed by atoms with Crippen LogP contribution in [0.25, 0.3) is 43.0 Å². The molecule has 0 radical (unpaired) electrons. The Bertz CT molecular complexity index is 1210. The monoisotopic (exact) mass is 389 g/mol. The van der Waals surface area contributed by atoms with Crippen molar-refractivity contribution in [3.05, 3.63) is 76.6 Å². The largest absolute Gasteiger partial charge is 0.247 e. The Labute approximate surface area is 151 Å². The molecule has 0 spiro atoms. The van der Waals surface area contributed by atoms with Gasteiger partial charge in [0.1, 0.15) is 0 Å². The molecular formula is C21H12BrNS. The van der Waals surface area contributed by atoms with Gasteiger partial charge in [0.15, 0.2) is 0 Å². The van der Waals surface area contributed by atoms with Crippen LogP contribution in [0.5, 0.6) is 0 Å². The molecule has 0 atom stereocenters. The second-order valence-corrected chi connectivity index (χ2v) is 7.70. The third-order valence-corrected chi connectivity index (χ3v) is 5.80. The first-order chi connectivity index (χ1) is 11.8. The van der Waals surface area contributed by atoms with Crippen LogP contribution in [0.15, 0.2) is 76.6 Å². The van der Waals surface area contributed by atoms with Crippen LogP contribution in [0, 0.1) is 0 Å². The molecule has 5 aromatic rings. The maximum atomic E-state index is 4.98. The van der Waals surface area contributed by atoms with E-state index in [9.17, 15) is 0 Å². The lowest BCUT2D eigenvalue weighted by molar-refractivity contribution is 1.43. The molecule has 0 amide bonds. The number of hydrogen-bond acceptors (Lipinski definition) is 2. The highest BCUT2D eigenvalue weighted by Gasteiger charge is 2.11. The van der Waals surface area contributed by atoms with Crippen LogP contribution in [-0.4, -0.2) is 4.98 Å². The molecule has 1 nitrogen and oxygen atoms in total. The van der Waals surface area contributed by atoms with E-state index in [2.05, 4.69) is 88.0 Å². The summed E-state index contributed by atoms with van der Waals surface area (Å²) in [6, 6.07) is 23.6. The first kappa shape index (κ1) is 14.1. The van der Waals surface area contributed by atoms with E-state index in [1.165, 1.54) is 26.2 Å². The predicted molar refractivity (Wildman–Crippen MR) is 108 cm³/mol. The number of hydrogen-bond donors (Lipinski definition) is 0. The fourth-order valence-electron chi connectivity index (χ4n) is 3.24. The highest BCUT2D eigenvalue weighted by atomic mass is 79.9. The van der Waals surface area contributed by atoms with E-state index in [4.69, 9.17) is 4.98 Å². The molecule has 0 aliphatic rings. The minimum Gasteiger partial charge on any atom is -0.247 e. The van der Waals surface area contributed by atoms with Crippen molar-refractivity contribution in [1.29, 1.82) is 0 Å². The van der Waals surface area contributed by atoms with Gasteiger partial charge in [0, 0.05) is 25.5 Å². The first-order valence-corrected chi connectivity index (χ1v) is 9.42. The van der Waals surface area contributed by atoms with Gasteiger partial charge in [0.2, 0.25) is 0 Å². The molecule has 0 bridgehead atoms. The summed E-state index contributed by atoms with van der Waals surface area (Å²) in [5, 5.41) is 7.14. The molecule has 0 fully saturated rings. The molecule has 3 aromatic carbocycles.